The van der Waals surface area contributed by atoms with Crippen molar-refractivity contribution in [1.29, 1.82) is 0 Å². The van der Waals surface area contributed by atoms with Crippen LogP contribution in [0.5, 0.6) is 0 Å². The van der Waals surface area contributed by atoms with E-state index in [4.69, 9.17) is 28.4 Å². The number of esters is 2. The number of ether oxygens (including phenoxy) is 6. The Labute approximate surface area is 405 Å². The van der Waals surface area contributed by atoms with Gasteiger partial charge < -0.3 is 64.2 Å². The first kappa shape index (κ1) is 60.5. The summed E-state index contributed by atoms with van der Waals surface area (Å²) in [6.45, 7) is 2.25. The molecule has 0 aliphatic carbocycles. The molecule has 0 amide bonds. The Morgan fingerprint density at radius 1 is 0.471 bits per heavy atom. The quantitative estimate of drug-likeness (QED) is 0.0200. The van der Waals surface area contributed by atoms with Crippen LogP contribution in [0.15, 0.2) is 97.2 Å². The molecule has 2 fully saturated rings. The molecule has 15 nitrogen and oxygen atoms in total. The van der Waals surface area contributed by atoms with E-state index in [1.807, 2.05) is 12.2 Å². The van der Waals surface area contributed by atoms with Crippen molar-refractivity contribution in [3.8, 4) is 0 Å². The van der Waals surface area contributed by atoms with Crippen LogP contribution in [-0.4, -0.2) is 142 Å². The smallest absolute Gasteiger partial charge is 0.306 e. The highest BCUT2D eigenvalue weighted by atomic mass is 16.7. The zero-order chi connectivity index (χ0) is 49.6. The lowest BCUT2D eigenvalue weighted by Crippen LogP contribution is -2.61. The molecule has 0 aromatic carbocycles. The molecule has 2 heterocycles. The summed E-state index contributed by atoms with van der Waals surface area (Å²) >= 11 is 0. The van der Waals surface area contributed by atoms with Crippen LogP contribution in [-0.2, 0) is 38.0 Å². The Balaban J connectivity index is 1.86. The van der Waals surface area contributed by atoms with Crippen LogP contribution in [0.25, 0.3) is 0 Å². The summed E-state index contributed by atoms with van der Waals surface area (Å²) in [5.74, 6) is -1.02. The standard InChI is InChI=1S/C53H84O15/c1-3-5-7-9-11-13-15-17-19-20-22-24-26-28-30-32-34-36-45(56)66-41(38-63-44(55)35-33-31-29-27-25-23-21-18-16-14-12-10-8-6-4-2)39-64-52-51(62)49(60)47(58)43(68-52)40-65-53-50(61)48(59)46(57)42(37-54)67-53/h5-8,11-14,17-19,21-22,24,28,30,41-43,46-54,57-62H,3-4,9-10,15-16,20,23,25-27,29,31-40H2,1-2H3/b7-5+,8-6+,13-11+,14-12+,19-17+,21-18+,24-22+,30-28+/t41-,42+,43+,46-,47-,48?,49?,50?,51?,52+,53+/m1/s1. The van der Waals surface area contributed by atoms with Crippen LogP contribution in [0, 0.1) is 0 Å². The highest BCUT2D eigenvalue weighted by molar-refractivity contribution is 5.70. The average Bonchev–Trinajstić information content (AvgIpc) is 3.33. The first-order chi connectivity index (χ1) is 33.0. The van der Waals surface area contributed by atoms with Crippen LogP contribution >= 0.6 is 0 Å². The molecule has 0 radical (unpaired) electrons. The summed E-state index contributed by atoms with van der Waals surface area (Å²) in [6.07, 6.45) is 31.6. The van der Waals surface area contributed by atoms with E-state index in [1.54, 1.807) is 0 Å². The number of hydrogen-bond acceptors (Lipinski definition) is 15. The van der Waals surface area contributed by atoms with Gasteiger partial charge in [0.2, 0.25) is 0 Å². The Morgan fingerprint density at radius 3 is 1.43 bits per heavy atom. The van der Waals surface area contributed by atoms with Gasteiger partial charge in [-0.3, -0.25) is 9.59 Å². The van der Waals surface area contributed by atoms with Crippen LogP contribution in [0.2, 0.25) is 0 Å². The number of allylic oxidation sites excluding steroid dienone is 16. The summed E-state index contributed by atoms with van der Waals surface area (Å²) in [5.41, 5.74) is 0. The van der Waals surface area contributed by atoms with Gasteiger partial charge in [0.1, 0.15) is 55.4 Å². The number of rotatable bonds is 36. The summed E-state index contributed by atoms with van der Waals surface area (Å²) in [7, 11) is 0. The minimum Gasteiger partial charge on any atom is -0.462 e. The largest absolute Gasteiger partial charge is 0.462 e. The summed E-state index contributed by atoms with van der Waals surface area (Å²) in [5, 5.41) is 72.0. The second-order valence-electron chi connectivity index (χ2n) is 16.9. The monoisotopic (exact) mass is 961 g/mol. The van der Waals surface area contributed by atoms with Crippen molar-refractivity contribution in [1.82, 2.24) is 0 Å². The molecule has 0 spiro atoms. The molecule has 4 unspecified atom stereocenters. The average molecular weight is 961 g/mol. The van der Waals surface area contributed by atoms with Crippen molar-refractivity contribution < 1.29 is 73.8 Å². The van der Waals surface area contributed by atoms with Gasteiger partial charge in [-0.05, 0) is 83.5 Å². The molecule has 386 valence electrons. The third-order valence-corrected chi connectivity index (χ3v) is 11.1. The lowest BCUT2D eigenvalue weighted by Gasteiger charge is -2.42. The Morgan fingerprint density at radius 2 is 0.897 bits per heavy atom. The highest BCUT2D eigenvalue weighted by Crippen LogP contribution is 2.26. The fourth-order valence-corrected chi connectivity index (χ4v) is 7.03. The van der Waals surface area contributed by atoms with Crippen LogP contribution in [0.3, 0.4) is 0 Å². The van der Waals surface area contributed by atoms with Crippen molar-refractivity contribution in [2.24, 2.45) is 0 Å². The third-order valence-electron chi connectivity index (χ3n) is 11.1. The first-order valence-electron chi connectivity index (χ1n) is 24.8. The Kier molecular flexibility index (Phi) is 34.9. The van der Waals surface area contributed by atoms with Gasteiger partial charge in [-0.15, -0.1) is 0 Å². The Bertz CT molecular complexity index is 1550. The maximum Gasteiger partial charge on any atom is 0.306 e. The Hall–Kier alpha value is -3.58. The number of carbonyl (C=O) groups is 2. The van der Waals surface area contributed by atoms with E-state index in [2.05, 4.69) is 98.9 Å². The van der Waals surface area contributed by atoms with Crippen molar-refractivity contribution in [3.63, 3.8) is 0 Å². The summed E-state index contributed by atoms with van der Waals surface area (Å²) in [4.78, 5) is 25.7. The van der Waals surface area contributed by atoms with E-state index in [1.165, 1.54) is 0 Å². The van der Waals surface area contributed by atoms with Gasteiger partial charge in [-0.25, -0.2) is 0 Å². The normalized spacial score (nSPS) is 26.6. The molecule has 0 aromatic heterocycles. The van der Waals surface area contributed by atoms with Crippen LogP contribution in [0.4, 0.5) is 0 Å². The zero-order valence-corrected chi connectivity index (χ0v) is 40.5. The molecule has 2 aliphatic rings. The van der Waals surface area contributed by atoms with Gasteiger partial charge in [0.15, 0.2) is 18.7 Å². The zero-order valence-electron chi connectivity index (χ0n) is 40.5. The second-order valence-corrected chi connectivity index (χ2v) is 16.9. The summed E-state index contributed by atoms with van der Waals surface area (Å²) < 4.78 is 33.4. The molecule has 7 N–H and O–H groups in total. The van der Waals surface area contributed by atoms with Gasteiger partial charge in [0.25, 0.3) is 0 Å². The van der Waals surface area contributed by atoms with Gasteiger partial charge in [-0.1, -0.05) is 130 Å². The van der Waals surface area contributed by atoms with Crippen LogP contribution in [0.1, 0.15) is 129 Å². The molecule has 0 saturated carbocycles. The molecule has 15 heteroatoms. The predicted octanol–water partition coefficient (Wildman–Crippen LogP) is 6.59. The maximum atomic E-state index is 13.0. The number of hydrogen-bond donors (Lipinski definition) is 7. The molecular weight excluding hydrogens is 877 g/mol. The first-order valence-corrected chi connectivity index (χ1v) is 24.8. The number of aliphatic hydroxyl groups excluding tert-OH is 7. The van der Waals surface area contributed by atoms with Gasteiger partial charge >= 0.3 is 11.9 Å². The molecular formula is C53H84O15. The molecule has 0 bridgehead atoms. The number of unbranched alkanes of at least 4 members (excludes halogenated alkanes) is 6. The molecule has 2 aliphatic heterocycles. The van der Waals surface area contributed by atoms with E-state index >= 15 is 0 Å². The summed E-state index contributed by atoms with van der Waals surface area (Å²) in [6, 6.07) is 0. The predicted molar refractivity (Wildman–Crippen MR) is 261 cm³/mol. The lowest BCUT2D eigenvalue weighted by atomic mass is 9.98. The van der Waals surface area contributed by atoms with Gasteiger partial charge in [0, 0.05) is 12.8 Å². The van der Waals surface area contributed by atoms with E-state index in [0.29, 0.717) is 19.3 Å². The van der Waals surface area contributed by atoms with Gasteiger partial charge in [-0.2, -0.15) is 0 Å². The highest BCUT2D eigenvalue weighted by Gasteiger charge is 2.47. The topological polar surface area (TPSA) is 231 Å². The SMILES string of the molecule is CC/C=C/C/C=C/C/C=C/C/C=C/C/C=C/CCCC(=O)O[C@H](COC(=O)CCCCCCC/C=C/C/C=C/C/C=C/CC)CO[C@H]1O[C@@H](CO[C@H]2O[C@@H](CO)[C@@H](O)C(O)C2O)[C@@H](O)C(O)C1O. The molecule has 11 atom stereocenters. The molecule has 0 aromatic rings. The number of aliphatic hydroxyl groups is 7. The maximum absolute atomic E-state index is 13.0. The van der Waals surface area contributed by atoms with E-state index in [0.717, 1.165) is 83.5 Å². The fraction of sp³-hybridized carbons (Fsp3) is 0.660. The van der Waals surface area contributed by atoms with Crippen molar-refractivity contribution in [3.05, 3.63) is 97.2 Å². The molecule has 2 saturated heterocycles. The third kappa shape index (κ3) is 27.0. The second kappa shape index (κ2) is 39.2. The van der Waals surface area contributed by atoms with E-state index in [9.17, 15) is 45.3 Å². The number of carbonyl (C=O) groups excluding carboxylic acids is 2. The molecule has 2 rings (SSSR count). The van der Waals surface area contributed by atoms with E-state index in [-0.39, 0.29) is 19.4 Å². The van der Waals surface area contributed by atoms with Gasteiger partial charge in [0.05, 0.1) is 19.8 Å². The minimum absolute atomic E-state index is 0.0767. The van der Waals surface area contributed by atoms with Crippen LogP contribution < -0.4 is 0 Å². The minimum atomic E-state index is -1.78. The van der Waals surface area contributed by atoms with Crippen molar-refractivity contribution in [2.75, 3.05) is 26.4 Å². The lowest BCUT2D eigenvalue weighted by molar-refractivity contribution is -0.332. The fourth-order valence-electron chi connectivity index (χ4n) is 7.03. The van der Waals surface area contributed by atoms with Crippen molar-refractivity contribution >= 4 is 11.9 Å². The molecule has 68 heavy (non-hydrogen) atoms. The van der Waals surface area contributed by atoms with E-state index < -0.39 is 99.3 Å². The van der Waals surface area contributed by atoms with Crippen molar-refractivity contribution in [2.45, 2.75) is 197 Å².